The van der Waals surface area contributed by atoms with E-state index in [1.165, 1.54) is 5.56 Å². The van der Waals surface area contributed by atoms with E-state index in [2.05, 4.69) is 21.8 Å². The van der Waals surface area contributed by atoms with E-state index in [0.717, 1.165) is 50.5 Å². The zero-order chi connectivity index (χ0) is 17.7. The Labute approximate surface area is 144 Å². The van der Waals surface area contributed by atoms with Gasteiger partial charge < -0.3 is 10.0 Å². The summed E-state index contributed by atoms with van der Waals surface area (Å²) in [7, 11) is 3.62. The van der Waals surface area contributed by atoms with Gasteiger partial charge in [-0.2, -0.15) is 5.10 Å². The molecule has 0 aromatic carbocycles. The molecular formula is C17H31N5O2. The molecule has 136 valence electrons. The maximum absolute atomic E-state index is 11.9. The summed E-state index contributed by atoms with van der Waals surface area (Å²) in [6, 6.07) is 0. The van der Waals surface area contributed by atoms with Crippen LogP contribution in [0.1, 0.15) is 23.4 Å². The Balaban J connectivity index is 1.94. The van der Waals surface area contributed by atoms with Gasteiger partial charge in [0, 0.05) is 45.0 Å². The number of nitrogens with zero attached hydrogens (tertiary/aromatic N) is 5. The second-order valence-electron chi connectivity index (χ2n) is 6.79. The molecule has 1 aromatic rings. The van der Waals surface area contributed by atoms with Crippen molar-refractivity contribution in [2.75, 3.05) is 53.4 Å². The van der Waals surface area contributed by atoms with Crippen LogP contribution in [0.25, 0.3) is 0 Å². The first-order valence-corrected chi connectivity index (χ1v) is 8.71. The lowest BCUT2D eigenvalue weighted by Crippen LogP contribution is -2.38. The Morgan fingerprint density at radius 1 is 1.17 bits per heavy atom. The van der Waals surface area contributed by atoms with Crippen molar-refractivity contribution in [2.45, 2.75) is 33.4 Å². The average molecular weight is 337 g/mol. The highest BCUT2D eigenvalue weighted by molar-refractivity contribution is 5.77. The number of carbonyl (C=O) groups excluding carboxylic acids is 1. The van der Waals surface area contributed by atoms with Crippen molar-refractivity contribution < 1.29 is 9.90 Å². The molecule has 24 heavy (non-hydrogen) atoms. The van der Waals surface area contributed by atoms with Gasteiger partial charge in [-0.3, -0.25) is 19.3 Å². The third-order valence-corrected chi connectivity index (χ3v) is 4.76. The molecule has 7 heteroatoms. The molecular weight excluding hydrogens is 306 g/mol. The first-order valence-electron chi connectivity index (χ1n) is 8.71. The number of hydrogen-bond acceptors (Lipinski definition) is 5. The van der Waals surface area contributed by atoms with Gasteiger partial charge in [0.25, 0.3) is 0 Å². The quantitative estimate of drug-likeness (QED) is 0.797. The number of amides is 1. The molecule has 1 amide bonds. The molecule has 0 bridgehead atoms. The van der Waals surface area contributed by atoms with E-state index in [1.54, 1.807) is 4.90 Å². The van der Waals surface area contributed by atoms with Crippen LogP contribution < -0.4 is 0 Å². The molecule has 2 rings (SSSR count). The van der Waals surface area contributed by atoms with Gasteiger partial charge in [0.15, 0.2) is 0 Å². The van der Waals surface area contributed by atoms with Crippen LogP contribution in [-0.4, -0.2) is 88.9 Å². The predicted molar refractivity (Wildman–Crippen MR) is 93.8 cm³/mol. The Morgan fingerprint density at radius 3 is 2.50 bits per heavy atom. The molecule has 1 saturated heterocycles. The summed E-state index contributed by atoms with van der Waals surface area (Å²) in [6.07, 6.45) is 1.07. The minimum atomic E-state index is 0.111. The highest BCUT2D eigenvalue weighted by atomic mass is 16.3. The number of carbonyl (C=O) groups is 1. The van der Waals surface area contributed by atoms with Crippen LogP contribution in [0, 0.1) is 13.8 Å². The van der Waals surface area contributed by atoms with Crippen LogP contribution in [0.4, 0.5) is 0 Å². The Morgan fingerprint density at radius 2 is 1.83 bits per heavy atom. The fourth-order valence-electron chi connectivity index (χ4n) is 3.17. The summed E-state index contributed by atoms with van der Waals surface area (Å²) >= 11 is 0. The maximum Gasteiger partial charge on any atom is 0.236 e. The summed E-state index contributed by atoms with van der Waals surface area (Å²) in [5.41, 5.74) is 3.46. The first-order chi connectivity index (χ1) is 11.4. The van der Waals surface area contributed by atoms with E-state index in [1.807, 2.05) is 25.7 Å². The highest BCUT2D eigenvalue weighted by Gasteiger charge is 2.20. The minimum absolute atomic E-state index is 0.111. The van der Waals surface area contributed by atoms with Gasteiger partial charge >= 0.3 is 0 Å². The third-order valence-electron chi connectivity index (χ3n) is 4.76. The van der Waals surface area contributed by atoms with Crippen molar-refractivity contribution in [3.05, 3.63) is 17.0 Å². The summed E-state index contributed by atoms with van der Waals surface area (Å²) in [6.45, 7) is 10.1. The maximum atomic E-state index is 11.9. The summed E-state index contributed by atoms with van der Waals surface area (Å²) in [4.78, 5) is 18.2. The minimum Gasteiger partial charge on any atom is -0.394 e. The molecule has 0 atom stereocenters. The standard InChI is InChI=1S/C17H31N5O2/c1-14-16(15(2)22(18-14)10-11-23)12-20-6-5-7-21(9-8-20)13-17(24)19(3)4/h23H,5-13H2,1-4H3. The summed E-state index contributed by atoms with van der Waals surface area (Å²) < 4.78 is 1.89. The Bertz CT molecular complexity index is 555. The van der Waals surface area contributed by atoms with Gasteiger partial charge in [0.05, 0.1) is 25.4 Å². The van der Waals surface area contributed by atoms with Crippen LogP contribution in [0.5, 0.6) is 0 Å². The van der Waals surface area contributed by atoms with Gasteiger partial charge in [0.1, 0.15) is 0 Å². The zero-order valence-electron chi connectivity index (χ0n) is 15.5. The van der Waals surface area contributed by atoms with E-state index in [9.17, 15) is 4.79 Å². The summed E-state index contributed by atoms with van der Waals surface area (Å²) in [5, 5.41) is 13.7. The molecule has 2 heterocycles. The van der Waals surface area contributed by atoms with E-state index < -0.39 is 0 Å². The van der Waals surface area contributed by atoms with E-state index in [-0.39, 0.29) is 12.5 Å². The Kier molecular flexibility index (Phi) is 6.77. The lowest BCUT2D eigenvalue weighted by molar-refractivity contribution is -0.129. The average Bonchev–Trinajstić information content (AvgIpc) is 2.69. The highest BCUT2D eigenvalue weighted by Crippen LogP contribution is 2.17. The molecule has 1 N–H and O–H groups in total. The zero-order valence-corrected chi connectivity index (χ0v) is 15.5. The number of aryl methyl sites for hydroxylation is 1. The summed E-state index contributed by atoms with van der Waals surface area (Å²) in [5.74, 6) is 0.167. The Hall–Kier alpha value is -1.44. The molecule has 0 saturated carbocycles. The molecule has 0 unspecified atom stereocenters. The second kappa shape index (κ2) is 8.60. The number of likely N-dealkylation sites (N-methyl/N-ethyl adjacent to an activating group) is 1. The fourth-order valence-corrected chi connectivity index (χ4v) is 3.17. The number of hydrogen-bond donors (Lipinski definition) is 1. The lowest BCUT2D eigenvalue weighted by atomic mass is 10.2. The fraction of sp³-hybridized carbons (Fsp3) is 0.765. The van der Waals surface area contributed by atoms with Gasteiger partial charge in [-0.25, -0.2) is 0 Å². The molecule has 0 spiro atoms. The number of rotatable bonds is 6. The van der Waals surface area contributed by atoms with Crippen LogP contribution >= 0.6 is 0 Å². The first kappa shape index (κ1) is 18.9. The van der Waals surface area contributed by atoms with Crippen LogP contribution in [0.15, 0.2) is 0 Å². The monoisotopic (exact) mass is 337 g/mol. The van der Waals surface area contributed by atoms with Crippen molar-refractivity contribution in [3.63, 3.8) is 0 Å². The molecule has 1 aromatic heterocycles. The SMILES string of the molecule is Cc1nn(CCO)c(C)c1CN1CCCN(CC(=O)N(C)C)CC1. The van der Waals surface area contributed by atoms with Crippen LogP contribution in [0.3, 0.4) is 0 Å². The van der Waals surface area contributed by atoms with Gasteiger partial charge in [0.2, 0.25) is 5.91 Å². The largest absolute Gasteiger partial charge is 0.394 e. The molecule has 7 nitrogen and oxygen atoms in total. The molecule has 0 radical (unpaired) electrons. The van der Waals surface area contributed by atoms with Crippen molar-refractivity contribution >= 4 is 5.91 Å². The van der Waals surface area contributed by atoms with Crippen LogP contribution in [-0.2, 0) is 17.9 Å². The molecule has 0 aliphatic carbocycles. The van der Waals surface area contributed by atoms with Crippen molar-refractivity contribution in [3.8, 4) is 0 Å². The number of aliphatic hydroxyl groups excluding tert-OH is 1. The van der Waals surface area contributed by atoms with Crippen LogP contribution in [0.2, 0.25) is 0 Å². The predicted octanol–water partition coefficient (Wildman–Crippen LogP) is 0.0881. The molecule has 1 fully saturated rings. The van der Waals surface area contributed by atoms with E-state index in [4.69, 9.17) is 5.11 Å². The van der Waals surface area contributed by atoms with Crippen molar-refractivity contribution in [1.29, 1.82) is 0 Å². The van der Waals surface area contributed by atoms with Crippen molar-refractivity contribution in [1.82, 2.24) is 24.5 Å². The normalized spacial score (nSPS) is 17.0. The third kappa shape index (κ3) is 4.78. The topological polar surface area (TPSA) is 64.8 Å². The van der Waals surface area contributed by atoms with E-state index >= 15 is 0 Å². The van der Waals surface area contributed by atoms with Crippen molar-refractivity contribution in [2.24, 2.45) is 0 Å². The van der Waals surface area contributed by atoms with Gasteiger partial charge in [-0.05, 0) is 33.4 Å². The number of aliphatic hydroxyl groups is 1. The smallest absolute Gasteiger partial charge is 0.236 e. The van der Waals surface area contributed by atoms with E-state index in [0.29, 0.717) is 13.1 Å². The molecule has 1 aliphatic heterocycles. The van der Waals surface area contributed by atoms with Gasteiger partial charge in [-0.1, -0.05) is 0 Å². The van der Waals surface area contributed by atoms with Gasteiger partial charge in [-0.15, -0.1) is 0 Å². The molecule has 1 aliphatic rings. The lowest BCUT2D eigenvalue weighted by Gasteiger charge is -2.22. The second-order valence-corrected chi connectivity index (χ2v) is 6.79. The number of aromatic nitrogens is 2.